The lowest BCUT2D eigenvalue weighted by Gasteiger charge is -2.27. The Morgan fingerprint density at radius 2 is 2.20 bits per heavy atom. The van der Waals surface area contributed by atoms with Crippen LogP contribution >= 0.6 is 15.9 Å². The van der Waals surface area contributed by atoms with Crippen molar-refractivity contribution in [3.8, 4) is 5.75 Å². The van der Waals surface area contributed by atoms with Gasteiger partial charge in [0.25, 0.3) is 0 Å². The minimum absolute atomic E-state index is 0.229. The van der Waals surface area contributed by atoms with Gasteiger partial charge in [-0.15, -0.1) is 0 Å². The molecule has 1 aromatic rings. The number of rotatable bonds is 3. The first-order valence-electron chi connectivity index (χ1n) is 6.20. The first-order valence-corrected chi connectivity index (χ1v) is 8.95. The largest absolute Gasteiger partial charge is 0.493 e. The molecule has 1 aromatic carbocycles. The average molecular weight is 362 g/mol. The van der Waals surface area contributed by atoms with Gasteiger partial charge in [-0.3, -0.25) is 4.79 Å². The molecular weight excluding hydrogens is 346 g/mol. The Morgan fingerprint density at radius 3 is 2.85 bits per heavy atom. The molecule has 1 N–H and O–H groups in total. The van der Waals surface area contributed by atoms with E-state index in [0.29, 0.717) is 13.0 Å². The van der Waals surface area contributed by atoms with Crippen molar-refractivity contribution in [3.63, 3.8) is 0 Å². The van der Waals surface area contributed by atoms with Gasteiger partial charge in [0, 0.05) is 22.7 Å². The van der Waals surface area contributed by atoms with Crippen molar-refractivity contribution < 1.29 is 17.9 Å². The van der Waals surface area contributed by atoms with Gasteiger partial charge < -0.3 is 10.1 Å². The third-order valence-corrected chi connectivity index (χ3v) is 5.33. The summed E-state index contributed by atoms with van der Waals surface area (Å²) in [6.45, 7) is 1.89. The van der Waals surface area contributed by atoms with Crippen LogP contribution in [0.2, 0.25) is 0 Å². The van der Waals surface area contributed by atoms with E-state index in [0.717, 1.165) is 22.0 Å². The molecule has 110 valence electrons. The summed E-state index contributed by atoms with van der Waals surface area (Å²) in [7, 11) is -3.39. The molecule has 1 heterocycles. The number of nitrogens with one attached hydrogen (secondary N) is 1. The average Bonchev–Trinajstić information content (AvgIpc) is 2.37. The first kappa shape index (κ1) is 15.3. The Morgan fingerprint density at radius 1 is 1.50 bits per heavy atom. The Bertz CT molecular complexity index is 629. The number of hydrogen-bond donors (Lipinski definition) is 1. The molecule has 0 aliphatic carbocycles. The molecular formula is C13H16BrNO4S. The molecule has 1 aliphatic rings. The Hall–Kier alpha value is -1.08. The van der Waals surface area contributed by atoms with Crippen LogP contribution in [0, 0.1) is 0 Å². The van der Waals surface area contributed by atoms with Crippen LogP contribution in [-0.4, -0.2) is 32.4 Å². The molecule has 0 saturated heterocycles. The maximum Gasteiger partial charge on any atom is 0.238 e. The van der Waals surface area contributed by atoms with E-state index in [2.05, 4.69) is 21.2 Å². The number of hydrogen-bond acceptors (Lipinski definition) is 4. The van der Waals surface area contributed by atoms with Crippen LogP contribution in [0.1, 0.15) is 24.9 Å². The molecule has 1 amide bonds. The smallest absolute Gasteiger partial charge is 0.238 e. The summed E-state index contributed by atoms with van der Waals surface area (Å²) in [5.74, 6) is 0.238. The maximum atomic E-state index is 12.0. The van der Waals surface area contributed by atoms with Crippen molar-refractivity contribution in [1.29, 1.82) is 0 Å². The van der Waals surface area contributed by atoms with E-state index in [9.17, 15) is 13.2 Å². The van der Waals surface area contributed by atoms with E-state index in [1.165, 1.54) is 6.92 Å². The van der Waals surface area contributed by atoms with Crippen molar-refractivity contribution in [2.75, 3.05) is 12.9 Å². The van der Waals surface area contributed by atoms with Crippen molar-refractivity contribution in [3.05, 3.63) is 28.2 Å². The van der Waals surface area contributed by atoms with E-state index in [4.69, 9.17) is 4.74 Å². The number of benzene rings is 1. The molecule has 0 fully saturated rings. The lowest BCUT2D eigenvalue weighted by molar-refractivity contribution is -0.121. The van der Waals surface area contributed by atoms with Crippen LogP contribution in [0.25, 0.3) is 0 Å². The molecule has 20 heavy (non-hydrogen) atoms. The molecule has 1 aliphatic heterocycles. The predicted molar refractivity (Wildman–Crippen MR) is 79.4 cm³/mol. The zero-order chi connectivity index (χ0) is 14.9. The summed E-state index contributed by atoms with van der Waals surface area (Å²) in [4.78, 5) is 12.0. The summed E-state index contributed by atoms with van der Waals surface area (Å²) in [5.41, 5.74) is 0.861. The van der Waals surface area contributed by atoms with Gasteiger partial charge in [0.05, 0.1) is 12.6 Å². The van der Waals surface area contributed by atoms with E-state index < -0.39 is 21.0 Å². The SMILES string of the molecule is C[C@H](C(=O)N[C@H]1CCOc2ccc(Br)cc21)S(C)(=O)=O. The fraction of sp³-hybridized carbons (Fsp3) is 0.462. The van der Waals surface area contributed by atoms with Crippen molar-refractivity contribution >= 4 is 31.7 Å². The number of carbonyl (C=O) groups excluding carboxylic acids is 1. The van der Waals surface area contributed by atoms with Gasteiger partial charge in [-0.1, -0.05) is 15.9 Å². The summed E-state index contributed by atoms with van der Waals surface area (Å²) in [5, 5.41) is 1.73. The van der Waals surface area contributed by atoms with Crippen LogP contribution < -0.4 is 10.1 Å². The van der Waals surface area contributed by atoms with Crippen LogP contribution in [0.4, 0.5) is 0 Å². The molecule has 2 rings (SSSR count). The Labute approximate surface area is 126 Å². The monoisotopic (exact) mass is 361 g/mol. The number of amides is 1. The van der Waals surface area contributed by atoms with Crippen LogP contribution in [0.15, 0.2) is 22.7 Å². The highest BCUT2D eigenvalue weighted by Crippen LogP contribution is 2.34. The quantitative estimate of drug-likeness (QED) is 0.891. The summed E-state index contributed by atoms with van der Waals surface area (Å²) >= 11 is 3.38. The van der Waals surface area contributed by atoms with Gasteiger partial charge in [-0.05, 0) is 25.1 Å². The highest BCUT2D eigenvalue weighted by molar-refractivity contribution is 9.10. The van der Waals surface area contributed by atoms with Gasteiger partial charge in [-0.25, -0.2) is 8.42 Å². The maximum absolute atomic E-state index is 12.0. The Kier molecular flexibility index (Phi) is 4.39. The first-order chi connectivity index (χ1) is 9.29. The third-order valence-electron chi connectivity index (χ3n) is 3.34. The van der Waals surface area contributed by atoms with Gasteiger partial charge in [0.15, 0.2) is 9.84 Å². The fourth-order valence-corrected chi connectivity index (χ4v) is 2.83. The molecule has 0 saturated carbocycles. The summed E-state index contributed by atoms with van der Waals surface area (Å²) in [6, 6.07) is 5.35. The van der Waals surface area contributed by atoms with E-state index in [-0.39, 0.29) is 6.04 Å². The predicted octanol–water partition coefficient (Wildman–Crippen LogP) is 1.82. The summed E-state index contributed by atoms with van der Waals surface area (Å²) < 4.78 is 29.3. The third kappa shape index (κ3) is 3.32. The van der Waals surface area contributed by atoms with Crippen molar-refractivity contribution in [2.45, 2.75) is 24.6 Å². The molecule has 2 atom stereocenters. The van der Waals surface area contributed by atoms with E-state index in [1.807, 2.05) is 18.2 Å². The number of carbonyl (C=O) groups is 1. The second-order valence-electron chi connectivity index (χ2n) is 4.85. The van der Waals surface area contributed by atoms with Crippen molar-refractivity contribution in [1.82, 2.24) is 5.32 Å². The van der Waals surface area contributed by atoms with Gasteiger partial charge in [-0.2, -0.15) is 0 Å². The molecule has 0 unspecified atom stereocenters. The zero-order valence-corrected chi connectivity index (χ0v) is 13.6. The fourth-order valence-electron chi connectivity index (χ4n) is 2.00. The van der Waals surface area contributed by atoms with Crippen molar-refractivity contribution in [2.24, 2.45) is 0 Å². The van der Waals surface area contributed by atoms with Crippen LogP contribution in [0.5, 0.6) is 5.75 Å². The van der Waals surface area contributed by atoms with E-state index in [1.54, 1.807) is 0 Å². The molecule has 5 nitrogen and oxygen atoms in total. The highest BCUT2D eigenvalue weighted by Gasteiger charge is 2.28. The van der Waals surface area contributed by atoms with Gasteiger partial charge >= 0.3 is 0 Å². The number of sulfone groups is 1. The molecule has 0 spiro atoms. The normalized spacial score (nSPS) is 19.6. The summed E-state index contributed by atoms with van der Waals surface area (Å²) in [6.07, 6.45) is 1.68. The minimum Gasteiger partial charge on any atom is -0.493 e. The topological polar surface area (TPSA) is 72.5 Å². The lowest BCUT2D eigenvalue weighted by Crippen LogP contribution is -2.40. The molecule has 0 radical (unpaired) electrons. The van der Waals surface area contributed by atoms with Gasteiger partial charge in [0.2, 0.25) is 5.91 Å². The lowest BCUT2D eigenvalue weighted by atomic mass is 10.0. The number of halogens is 1. The van der Waals surface area contributed by atoms with Gasteiger partial charge in [0.1, 0.15) is 11.0 Å². The number of ether oxygens (including phenoxy) is 1. The van der Waals surface area contributed by atoms with Crippen LogP contribution in [0.3, 0.4) is 0 Å². The van der Waals surface area contributed by atoms with Crippen LogP contribution in [-0.2, 0) is 14.6 Å². The standard InChI is InChI=1S/C13H16BrNO4S/c1-8(20(2,17)18)13(16)15-11-5-6-19-12-4-3-9(14)7-10(11)12/h3-4,7-8,11H,5-6H2,1-2H3,(H,15,16)/t8-,11+/m1/s1. The second-order valence-corrected chi connectivity index (χ2v) is 8.13. The minimum atomic E-state index is -3.39. The highest BCUT2D eigenvalue weighted by atomic mass is 79.9. The number of fused-ring (bicyclic) bond motifs is 1. The van der Waals surface area contributed by atoms with E-state index >= 15 is 0 Å². The Balaban J connectivity index is 2.20. The molecule has 0 aromatic heterocycles. The molecule has 7 heteroatoms. The molecule has 0 bridgehead atoms. The zero-order valence-electron chi connectivity index (χ0n) is 11.2. The second kappa shape index (κ2) is 5.73.